The number of hydrogen-bond donors (Lipinski definition) is 2. The van der Waals surface area contributed by atoms with Gasteiger partial charge in [0.2, 0.25) is 5.78 Å². The number of nitrogens with one attached hydrogen (secondary N) is 2. The van der Waals surface area contributed by atoms with Gasteiger partial charge in [-0.3, -0.25) is 4.79 Å². The molecule has 0 amide bonds. The van der Waals surface area contributed by atoms with Crippen LogP contribution in [0.25, 0.3) is 0 Å². The van der Waals surface area contributed by atoms with Crippen LogP contribution in [0.3, 0.4) is 0 Å². The van der Waals surface area contributed by atoms with E-state index in [1.54, 1.807) is 27.7 Å². The number of carbonyl (C=O) groups excluding carboxylic acids is 3. The van der Waals surface area contributed by atoms with Gasteiger partial charge in [0.05, 0.1) is 34.6 Å². The van der Waals surface area contributed by atoms with Crippen LogP contribution < -0.4 is 5.32 Å². The maximum absolute atomic E-state index is 12.9. The third kappa shape index (κ3) is 5.91. The molecule has 2 aromatic rings. The van der Waals surface area contributed by atoms with Crippen molar-refractivity contribution in [1.82, 2.24) is 4.98 Å². The summed E-state index contributed by atoms with van der Waals surface area (Å²) >= 11 is 5.99. The number of hydrogen-bond acceptors (Lipinski definition) is 6. The van der Waals surface area contributed by atoms with E-state index in [1.807, 2.05) is 0 Å². The van der Waals surface area contributed by atoms with E-state index in [-0.39, 0.29) is 27.9 Å². The van der Waals surface area contributed by atoms with Gasteiger partial charge in [0, 0.05) is 5.69 Å². The van der Waals surface area contributed by atoms with Crippen LogP contribution in [0, 0.1) is 19.8 Å². The minimum atomic E-state index is -4.56. The lowest BCUT2D eigenvalue weighted by molar-refractivity contribution is -0.148. The molecule has 0 aliphatic carbocycles. The molecule has 2 rings (SSSR count). The highest BCUT2D eigenvalue weighted by Gasteiger charge is 2.33. The molecule has 11 heteroatoms. The van der Waals surface area contributed by atoms with E-state index in [1.165, 1.54) is 14.0 Å². The molecule has 0 bridgehead atoms. The fraction of sp³-hybridized carbons (Fsp3) is 0.435. The fourth-order valence-corrected chi connectivity index (χ4v) is 3.62. The molecule has 186 valence electrons. The van der Waals surface area contributed by atoms with Crippen molar-refractivity contribution >= 4 is 35.0 Å². The Balaban J connectivity index is 2.20. The second-order valence-corrected chi connectivity index (χ2v) is 8.53. The first kappa shape index (κ1) is 27.2. The van der Waals surface area contributed by atoms with Gasteiger partial charge in [-0.1, -0.05) is 25.4 Å². The standard InChI is InChI=1S/C23H26ClF3N2O5/c1-10(2)18(29-16-8-7-14(9-15(16)24)23(25,26)27)22(32)34-13(5)20(30)19-11(3)17(12(4)28-19)21(31)33-6/h7-10,13,18,28-29H,1-6H3/t13?,18-/m0/s1. The van der Waals surface area contributed by atoms with E-state index >= 15 is 0 Å². The Morgan fingerprint density at radius 3 is 2.24 bits per heavy atom. The number of Topliss-reactive ketones (excluding diaryl/α,β-unsaturated/α-hetero) is 1. The average molecular weight is 503 g/mol. The highest BCUT2D eigenvalue weighted by molar-refractivity contribution is 6.33. The van der Waals surface area contributed by atoms with Gasteiger partial charge in [-0.25, -0.2) is 9.59 Å². The number of rotatable bonds is 8. The summed E-state index contributed by atoms with van der Waals surface area (Å²) in [6.07, 6.45) is -5.77. The maximum Gasteiger partial charge on any atom is 0.416 e. The minimum absolute atomic E-state index is 0.109. The molecule has 0 aliphatic rings. The monoisotopic (exact) mass is 502 g/mol. The summed E-state index contributed by atoms with van der Waals surface area (Å²) < 4.78 is 48.7. The first-order chi connectivity index (χ1) is 15.7. The van der Waals surface area contributed by atoms with Gasteiger partial charge in [0.25, 0.3) is 0 Å². The van der Waals surface area contributed by atoms with Crippen LogP contribution in [0.15, 0.2) is 18.2 Å². The molecule has 34 heavy (non-hydrogen) atoms. The smallest absolute Gasteiger partial charge is 0.416 e. The topological polar surface area (TPSA) is 97.5 Å². The van der Waals surface area contributed by atoms with Crippen molar-refractivity contribution in [1.29, 1.82) is 0 Å². The number of methoxy groups -OCH3 is 1. The number of esters is 2. The van der Waals surface area contributed by atoms with Crippen LogP contribution in [0.4, 0.5) is 18.9 Å². The molecule has 1 aromatic carbocycles. The number of H-pyrrole nitrogens is 1. The molecule has 2 N–H and O–H groups in total. The number of carbonyl (C=O) groups is 3. The number of ketones is 1. The van der Waals surface area contributed by atoms with Crippen molar-refractivity contribution in [2.75, 3.05) is 12.4 Å². The fourth-order valence-electron chi connectivity index (χ4n) is 3.38. The van der Waals surface area contributed by atoms with Crippen LogP contribution in [0.5, 0.6) is 0 Å². The summed E-state index contributed by atoms with van der Waals surface area (Å²) in [6, 6.07) is 1.73. The first-order valence-electron chi connectivity index (χ1n) is 10.3. The maximum atomic E-state index is 12.9. The van der Waals surface area contributed by atoms with Gasteiger partial charge in [0.15, 0.2) is 6.10 Å². The van der Waals surface area contributed by atoms with E-state index < -0.39 is 41.6 Å². The van der Waals surface area contributed by atoms with E-state index in [9.17, 15) is 27.6 Å². The van der Waals surface area contributed by atoms with Crippen LogP contribution in [-0.2, 0) is 20.4 Å². The second kappa shape index (κ2) is 10.5. The summed E-state index contributed by atoms with van der Waals surface area (Å²) in [7, 11) is 1.22. The highest BCUT2D eigenvalue weighted by atomic mass is 35.5. The Bertz CT molecular complexity index is 1100. The molecule has 1 unspecified atom stereocenters. The first-order valence-corrected chi connectivity index (χ1v) is 10.7. The molecule has 2 atom stereocenters. The molecular formula is C23H26ClF3N2O5. The number of anilines is 1. The number of benzene rings is 1. The Kier molecular flexibility index (Phi) is 8.41. The molecule has 0 aliphatic heterocycles. The Hall–Kier alpha value is -3.01. The Morgan fingerprint density at radius 1 is 1.12 bits per heavy atom. The van der Waals surface area contributed by atoms with Crippen molar-refractivity contribution in [3.63, 3.8) is 0 Å². The summed E-state index contributed by atoms with van der Waals surface area (Å²) in [5.74, 6) is -2.30. The minimum Gasteiger partial charge on any atom is -0.465 e. The number of aromatic amines is 1. The third-order valence-corrected chi connectivity index (χ3v) is 5.58. The van der Waals surface area contributed by atoms with Crippen molar-refractivity contribution in [3.8, 4) is 0 Å². The molecule has 0 fully saturated rings. The van der Waals surface area contributed by atoms with Gasteiger partial charge >= 0.3 is 18.1 Å². The molecule has 0 spiro atoms. The predicted molar refractivity (Wildman–Crippen MR) is 120 cm³/mol. The lowest BCUT2D eigenvalue weighted by Gasteiger charge is -2.24. The molecule has 0 saturated carbocycles. The van der Waals surface area contributed by atoms with Crippen molar-refractivity contribution in [2.24, 2.45) is 5.92 Å². The van der Waals surface area contributed by atoms with Gasteiger partial charge < -0.3 is 19.8 Å². The zero-order valence-electron chi connectivity index (χ0n) is 19.5. The van der Waals surface area contributed by atoms with E-state index in [0.29, 0.717) is 11.3 Å². The second-order valence-electron chi connectivity index (χ2n) is 8.12. The summed E-state index contributed by atoms with van der Waals surface area (Å²) in [5, 5.41) is 2.58. The largest absolute Gasteiger partial charge is 0.465 e. The van der Waals surface area contributed by atoms with Gasteiger partial charge in [-0.2, -0.15) is 13.2 Å². The number of ether oxygens (including phenoxy) is 2. The van der Waals surface area contributed by atoms with Gasteiger partial charge in [-0.05, 0) is 50.5 Å². The van der Waals surface area contributed by atoms with E-state index in [0.717, 1.165) is 18.2 Å². The Labute approximate surface area is 200 Å². The average Bonchev–Trinajstić information content (AvgIpc) is 3.04. The molecular weight excluding hydrogens is 477 g/mol. The molecule has 7 nitrogen and oxygen atoms in total. The van der Waals surface area contributed by atoms with Crippen molar-refractivity contribution in [2.45, 2.75) is 52.9 Å². The van der Waals surface area contributed by atoms with Gasteiger partial charge in [-0.15, -0.1) is 0 Å². The summed E-state index contributed by atoms with van der Waals surface area (Å²) in [4.78, 5) is 40.5. The zero-order chi connectivity index (χ0) is 26.0. The van der Waals surface area contributed by atoms with Crippen molar-refractivity contribution < 1.29 is 37.0 Å². The SMILES string of the molecule is COC(=O)c1c(C)[nH]c(C(=O)C(C)OC(=O)[C@@H](Nc2ccc(C(F)(F)F)cc2Cl)C(C)C)c1C. The normalized spacial score (nSPS) is 13.4. The third-order valence-electron chi connectivity index (χ3n) is 5.26. The quantitative estimate of drug-likeness (QED) is 0.373. The summed E-state index contributed by atoms with van der Waals surface area (Å²) in [5.41, 5.74) is 0.329. The number of aryl methyl sites for hydroxylation is 1. The van der Waals surface area contributed by atoms with E-state index in [2.05, 4.69) is 10.3 Å². The molecule has 1 aromatic heterocycles. The number of alkyl halides is 3. The molecule has 0 radical (unpaired) electrons. The lowest BCUT2D eigenvalue weighted by atomic mass is 10.0. The Morgan fingerprint density at radius 2 is 1.74 bits per heavy atom. The molecule has 0 saturated heterocycles. The van der Waals surface area contributed by atoms with Crippen LogP contribution in [0.2, 0.25) is 5.02 Å². The van der Waals surface area contributed by atoms with Crippen LogP contribution in [-0.4, -0.2) is 42.0 Å². The van der Waals surface area contributed by atoms with Gasteiger partial charge in [0.1, 0.15) is 6.04 Å². The predicted octanol–water partition coefficient (Wildman–Crippen LogP) is 5.34. The zero-order valence-corrected chi connectivity index (χ0v) is 20.3. The van der Waals surface area contributed by atoms with Crippen LogP contribution in [0.1, 0.15) is 58.4 Å². The van der Waals surface area contributed by atoms with Crippen LogP contribution >= 0.6 is 11.6 Å². The highest BCUT2D eigenvalue weighted by Crippen LogP contribution is 2.34. The lowest BCUT2D eigenvalue weighted by Crippen LogP contribution is -2.39. The number of aromatic nitrogens is 1. The summed E-state index contributed by atoms with van der Waals surface area (Å²) in [6.45, 7) is 7.97. The van der Waals surface area contributed by atoms with E-state index in [4.69, 9.17) is 21.1 Å². The van der Waals surface area contributed by atoms with Crippen molar-refractivity contribution in [3.05, 3.63) is 51.3 Å². The molecule has 1 heterocycles. The number of halogens is 4.